The number of nitrogens with one attached hydrogen (secondary N) is 2. The summed E-state index contributed by atoms with van der Waals surface area (Å²) in [6.07, 6.45) is 2.37. The first-order valence-electron chi connectivity index (χ1n) is 7.71. The Morgan fingerprint density at radius 1 is 1.08 bits per heavy atom. The molecule has 0 spiro atoms. The topological polar surface area (TPSA) is 80.0 Å². The second kappa shape index (κ2) is 6.95. The Bertz CT molecular complexity index is 827. The van der Waals surface area contributed by atoms with E-state index in [-0.39, 0.29) is 11.7 Å². The summed E-state index contributed by atoms with van der Waals surface area (Å²) in [7, 11) is 0. The number of rotatable bonds is 5. The van der Waals surface area contributed by atoms with Crippen molar-refractivity contribution < 1.29 is 9.21 Å². The molecular formula is C18H18N4O2. The lowest BCUT2D eigenvalue weighted by atomic mass is 10.1. The highest BCUT2D eigenvalue weighted by Crippen LogP contribution is 2.24. The molecule has 3 rings (SSSR count). The largest absolute Gasteiger partial charge is 0.459 e. The minimum Gasteiger partial charge on any atom is -0.459 e. The number of hydrogen-bond acceptors (Lipinski definition) is 5. The minimum atomic E-state index is -0.359. The van der Waals surface area contributed by atoms with Crippen LogP contribution in [0.15, 0.2) is 53.1 Å². The lowest BCUT2D eigenvalue weighted by molar-refractivity contribution is 0.0996. The molecule has 0 radical (unpaired) electrons. The third-order valence-electron chi connectivity index (χ3n) is 3.64. The van der Waals surface area contributed by atoms with Gasteiger partial charge in [-0.25, -0.2) is 0 Å². The van der Waals surface area contributed by atoms with E-state index < -0.39 is 0 Å². The van der Waals surface area contributed by atoms with Crippen molar-refractivity contribution in [2.45, 2.75) is 20.3 Å². The van der Waals surface area contributed by atoms with Gasteiger partial charge in [0, 0.05) is 5.69 Å². The Labute approximate surface area is 139 Å². The Morgan fingerprint density at radius 3 is 2.54 bits per heavy atom. The van der Waals surface area contributed by atoms with Gasteiger partial charge in [-0.1, -0.05) is 25.1 Å². The number of hydrogen-bond donors (Lipinski definition) is 2. The quantitative estimate of drug-likeness (QED) is 0.744. The van der Waals surface area contributed by atoms with Crippen LogP contribution in [-0.2, 0) is 6.42 Å². The number of aryl methyl sites for hydroxylation is 2. The first kappa shape index (κ1) is 15.7. The van der Waals surface area contributed by atoms with Gasteiger partial charge in [0.05, 0.1) is 6.26 Å². The van der Waals surface area contributed by atoms with Crippen molar-refractivity contribution >= 4 is 23.2 Å². The summed E-state index contributed by atoms with van der Waals surface area (Å²) in [5.41, 5.74) is 3.40. The van der Waals surface area contributed by atoms with Gasteiger partial charge in [-0.05, 0) is 48.7 Å². The maximum Gasteiger partial charge on any atom is 0.292 e. The van der Waals surface area contributed by atoms with Crippen molar-refractivity contribution in [3.05, 3.63) is 65.6 Å². The van der Waals surface area contributed by atoms with Gasteiger partial charge in [0.25, 0.3) is 5.91 Å². The monoisotopic (exact) mass is 322 g/mol. The highest BCUT2D eigenvalue weighted by atomic mass is 16.3. The highest BCUT2D eigenvalue weighted by molar-refractivity contribution is 6.01. The summed E-state index contributed by atoms with van der Waals surface area (Å²) in [5, 5.41) is 14.1. The van der Waals surface area contributed by atoms with Gasteiger partial charge in [0.2, 0.25) is 0 Å². The van der Waals surface area contributed by atoms with E-state index in [2.05, 4.69) is 33.8 Å². The van der Waals surface area contributed by atoms with E-state index in [1.165, 1.54) is 11.8 Å². The summed E-state index contributed by atoms with van der Waals surface area (Å²) >= 11 is 0. The fourth-order valence-corrected chi connectivity index (χ4v) is 2.38. The lowest BCUT2D eigenvalue weighted by Gasteiger charge is -2.13. The van der Waals surface area contributed by atoms with E-state index in [0.717, 1.165) is 17.7 Å². The van der Waals surface area contributed by atoms with E-state index in [1.807, 2.05) is 19.1 Å². The molecule has 2 N–H and O–H groups in total. The van der Waals surface area contributed by atoms with Gasteiger partial charge < -0.3 is 15.1 Å². The molecule has 6 nitrogen and oxygen atoms in total. The van der Waals surface area contributed by atoms with Crippen molar-refractivity contribution in [1.29, 1.82) is 0 Å². The van der Waals surface area contributed by atoms with Gasteiger partial charge in [0.15, 0.2) is 17.4 Å². The molecule has 0 unspecified atom stereocenters. The average molecular weight is 322 g/mol. The molecule has 0 aliphatic carbocycles. The maximum absolute atomic E-state index is 11.9. The molecule has 6 heteroatoms. The van der Waals surface area contributed by atoms with E-state index in [4.69, 9.17) is 4.42 Å². The summed E-state index contributed by atoms with van der Waals surface area (Å²) in [4.78, 5) is 11.9. The maximum atomic E-state index is 11.9. The van der Waals surface area contributed by atoms with Gasteiger partial charge in [-0.15, -0.1) is 10.2 Å². The van der Waals surface area contributed by atoms with Crippen LogP contribution in [0.3, 0.4) is 0 Å². The predicted molar refractivity (Wildman–Crippen MR) is 92.5 cm³/mol. The molecule has 1 aromatic carbocycles. The second-order valence-electron chi connectivity index (χ2n) is 5.32. The van der Waals surface area contributed by atoms with Crippen molar-refractivity contribution in [3.63, 3.8) is 0 Å². The van der Waals surface area contributed by atoms with Gasteiger partial charge in [-0.3, -0.25) is 4.79 Å². The number of para-hydroxylation sites is 1. The number of carbonyl (C=O) groups is 1. The molecular weight excluding hydrogens is 304 g/mol. The average Bonchev–Trinajstić information content (AvgIpc) is 3.13. The van der Waals surface area contributed by atoms with Crippen LogP contribution in [0, 0.1) is 6.92 Å². The van der Waals surface area contributed by atoms with Crippen LogP contribution in [0.2, 0.25) is 0 Å². The summed E-state index contributed by atoms with van der Waals surface area (Å²) in [6.45, 7) is 4.16. The molecule has 122 valence electrons. The van der Waals surface area contributed by atoms with Crippen LogP contribution in [0.25, 0.3) is 0 Å². The summed E-state index contributed by atoms with van der Waals surface area (Å²) in [6, 6.07) is 12.9. The normalized spacial score (nSPS) is 10.4. The number of aromatic nitrogens is 2. The number of benzene rings is 1. The third-order valence-corrected chi connectivity index (χ3v) is 3.64. The highest BCUT2D eigenvalue weighted by Gasteiger charge is 2.10. The van der Waals surface area contributed by atoms with Crippen LogP contribution in [0.5, 0.6) is 0 Å². The van der Waals surface area contributed by atoms with E-state index in [1.54, 1.807) is 24.3 Å². The third kappa shape index (κ3) is 3.43. The van der Waals surface area contributed by atoms with Crippen molar-refractivity contribution in [2.75, 3.05) is 10.6 Å². The summed E-state index contributed by atoms with van der Waals surface area (Å²) in [5.74, 6) is 0.853. The molecule has 1 amide bonds. The van der Waals surface area contributed by atoms with E-state index >= 15 is 0 Å². The molecule has 0 aliphatic rings. The number of furan rings is 1. The van der Waals surface area contributed by atoms with Crippen LogP contribution in [-0.4, -0.2) is 16.1 Å². The molecule has 0 bridgehead atoms. The predicted octanol–water partition coefficient (Wildman–Crippen LogP) is 3.94. The standard InChI is InChI=1S/C18H18N4O2/c1-3-13-7-4-6-12(2)17(13)19-15-9-10-16(22-21-15)20-18(23)14-8-5-11-24-14/h4-11H,3H2,1-2H3,(H,19,21)(H,20,22,23). The molecule has 2 heterocycles. The van der Waals surface area contributed by atoms with Crippen LogP contribution in [0.1, 0.15) is 28.6 Å². The second-order valence-corrected chi connectivity index (χ2v) is 5.32. The number of amides is 1. The van der Waals surface area contributed by atoms with E-state index in [9.17, 15) is 4.79 Å². The molecule has 0 aliphatic heterocycles. The molecule has 0 atom stereocenters. The van der Waals surface area contributed by atoms with Gasteiger partial charge >= 0.3 is 0 Å². The fraction of sp³-hybridized carbons (Fsp3) is 0.167. The number of anilines is 3. The molecule has 2 aromatic heterocycles. The Morgan fingerprint density at radius 2 is 1.88 bits per heavy atom. The van der Waals surface area contributed by atoms with Crippen molar-refractivity contribution in [1.82, 2.24) is 10.2 Å². The zero-order chi connectivity index (χ0) is 16.9. The van der Waals surface area contributed by atoms with Crippen molar-refractivity contribution in [2.24, 2.45) is 0 Å². The molecule has 24 heavy (non-hydrogen) atoms. The molecule has 0 fully saturated rings. The Balaban J connectivity index is 1.72. The van der Waals surface area contributed by atoms with Gasteiger partial charge in [-0.2, -0.15) is 0 Å². The van der Waals surface area contributed by atoms with Crippen LogP contribution >= 0.6 is 0 Å². The zero-order valence-corrected chi connectivity index (χ0v) is 13.5. The summed E-state index contributed by atoms with van der Waals surface area (Å²) < 4.78 is 5.04. The molecule has 0 saturated carbocycles. The Hall–Kier alpha value is -3.15. The SMILES string of the molecule is CCc1cccc(C)c1Nc1ccc(NC(=O)c2ccco2)nn1. The minimum absolute atomic E-state index is 0.228. The van der Waals surface area contributed by atoms with Crippen molar-refractivity contribution in [3.8, 4) is 0 Å². The lowest BCUT2D eigenvalue weighted by Crippen LogP contribution is -2.12. The zero-order valence-electron chi connectivity index (χ0n) is 13.5. The first-order chi connectivity index (χ1) is 11.7. The number of nitrogens with zero attached hydrogens (tertiary/aromatic N) is 2. The smallest absolute Gasteiger partial charge is 0.292 e. The van der Waals surface area contributed by atoms with E-state index in [0.29, 0.717) is 11.6 Å². The van der Waals surface area contributed by atoms with Crippen LogP contribution in [0.4, 0.5) is 17.3 Å². The Kier molecular flexibility index (Phi) is 4.56. The molecule has 3 aromatic rings. The molecule has 0 saturated heterocycles. The fourth-order valence-electron chi connectivity index (χ4n) is 2.38. The van der Waals surface area contributed by atoms with Gasteiger partial charge in [0.1, 0.15) is 0 Å². The number of carbonyl (C=O) groups excluding carboxylic acids is 1. The first-order valence-corrected chi connectivity index (χ1v) is 7.71. The van der Waals surface area contributed by atoms with Crippen LogP contribution < -0.4 is 10.6 Å².